The van der Waals surface area contributed by atoms with Gasteiger partial charge in [-0.1, -0.05) is 23.7 Å². The van der Waals surface area contributed by atoms with Crippen molar-refractivity contribution in [3.05, 3.63) is 58.6 Å². The van der Waals surface area contributed by atoms with E-state index in [1.54, 1.807) is 37.3 Å². The normalized spacial score (nSPS) is 10.2. The second-order valence-electron chi connectivity index (χ2n) is 4.75. The molecule has 2 rings (SSSR count). The van der Waals surface area contributed by atoms with E-state index < -0.39 is 0 Å². The van der Waals surface area contributed by atoms with Gasteiger partial charge in [0.2, 0.25) is 0 Å². The summed E-state index contributed by atoms with van der Waals surface area (Å²) in [6.45, 7) is 0.480. The largest absolute Gasteiger partial charge is 0.497 e. The summed E-state index contributed by atoms with van der Waals surface area (Å²) in [6, 6.07) is 12.5. The Kier molecular flexibility index (Phi) is 4.70. The molecule has 0 saturated carbocycles. The van der Waals surface area contributed by atoms with Gasteiger partial charge in [-0.25, -0.2) is 0 Å². The molecule has 0 aliphatic carbocycles. The lowest BCUT2D eigenvalue weighted by Crippen LogP contribution is -2.26. The van der Waals surface area contributed by atoms with Crippen molar-refractivity contribution in [2.24, 2.45) is 0 Å². The summed E-state index contributed by atoms with van der Waals surface area (Å²) in [6.07, 6.45) is 0. The zero-order valence-corrected chi connectivity index (χ0v) is 12.7. The lowest BCUT2D eigenvalue weighted by Gasteiger charge is -2.18. The number of carbonyl (C=O) groups excluding carboxylic acids is 1. The van der Waals surface area contributed by atoms with Crippen molar-refractivity contribution in [2.75, 3.05) is 19.9 Å². The molecule has 2 N–H and O–H groups in total. The molecule has 0 saturated heterocycles. The van der Waals surface area contributed by atoms with E-state index in [0.29, 0.717) is 22.8 Å². The smallest absolute Gasteiger partial charge is 0.255 e. The summed E-state index contributed by atoms with van der Waals surface area (Å²) in [7, 11) is 3.35. The lowest BCUT2D eigenvalue weighted by atomic mass is 10.1. The molecular formula is C16H17ClN2O2. The van der Waals surface area contributed by atoms with Gasteiger partial charge >= 0.3 is 0 Å². The van der Waals surface area contributed by atoms with E-state index in [9.17, 15) is 4.79 Å². The number of nitrogen functional groups attached to an aromatic ring is 1. The summed E-state index contributed by atoms with van der Waals surface area (Å²) in [5.41, 5.74) is 7.64. The highest BCUT2D eigenvalue weighted by Gasteiger charge is 2.15. The first-order chi connectivity index (χ1) is 10.0. The number of amides is 1. The van der Waals surface area contributed by atoms with Gasteiger partial charge in [0.1, 0.15) is 5.75 Å². The predicted molar refractivity (Wildman–Crippen MR) is 84.7 cm³/mol. The van der Waals surface area contributed by atoms with Crippen molar-refractivity contribution in [3.8, 4) is 5.75 Å². The van der Waals surface area contributed by atoms with E-state index in [0.717, 1.165) is 11.3 Å². The molecule has 0 aliphatic heterocycles. The molecular weight excluding hydrogens is 288 g/mol. The van der Waals surface area contributed by atoms with Crippen LogP contribution in [0.4, 0.5) is 5.69 Å². The van der Waals surface area contributed by atoms with Gasteiger partial charge in [0.15, 0.2) is 0 Å². The number of hydrogen-bond acceptors (Lipinski definition) is 3. The molecule has 21 heavy (non-hydrogen) atoms. The van der Waals surface area contributed by atoms with Crippen molar-refractivity contribution < 1.29 is 9.53 Å². The van der Waals surface area contributed by atoms with Crippen LogP contribution in [0.25, 0.3) is 0 Å². The number of nitrogens with zero attached hydrogens (tertiary/aromatic N) is 1. The molecule has 0 heterocycles. The van der Waals surface area contributed by atoms with Gasteiger partial charge in [-0.2, -0.15) is 0 Å². The first-order valence-electron chi connectivity index (χ1n) is 6.44. The third-order valence-corrected chi connectivity index (χ3v) is 3.48. The second-order valence-corrected chi connectivity index (χ2v) is 5.16. The molecule has 2 aromatic carbocycles. The number of halogens is 1. The average molecular weight is 305 g/mol. The fourth-order valence-electron chi connectivity index (χ4n) is 1.99. The monoisotopic (exact) mass is 304 g/mol. The standard InChI is InChI=1S/C16H17ClN2O2/c1-19(10-11-3-6-13(21-2)7-4-11)16(20)14-9-12(18)5-8-15(14)17/h3-9H,10,18H2,1-2H3. The van der Waals surface area contributed by atoms with Crippen molar-refractivity contribution in [1.82, 2.24) is 4.90 Å². The Balaban J connectivity index is 2.13. The topological polar surface area (TPSA) is 55.6 Å². The van der Waals surface area contributed by atoms with Gasteiger partial charge in [-0.05, 0) is 35.9 Å². The Morgan fingerprint density at radius 2 is 1.90 bits per heavy atom. The van der Waals surface area contributed by atoms with E-state index in [2.05, 4.69) is 0 Å². The minimum Gasteiger partial charge on any atom is -0.497 e. The van der Waals surface area contributed by atoms with E-state index >= 15 is 0 Å². The minimum atomic E-state index is -0.164. The van der Waals surface area contributed by atoms with Gasteiger partial charge in [0, 0.05) is 19.3 Å². The van der Waals surface area contributed by atoms with Gasteiger partial charge < -0.3 is 15.4 Å². The number of ether oxygens (including phenoxy) is 1. The fourth-order valence-corrected chi connectivity index (χ4v) is 2.19. The first kappa shape index (κ1) is 15.2. The molecule has 0 atom stereocenters. The summed E-state index contributed by atoms with van der Waals surface area (Å²) in [5, 5.41) is 0.399. The highest BCUT2D eigenvalue weighted by molar-refractivity contribution is 6.33. The number of anilines is 1. The molecule has 0 aliphatic rings. The van der Waals surface area contributed by atoms with E-state index in [4.69, 9.17) is 22.1 Å². The Bertz CT molecular complexity index is 641. The molecule has 0 unspecified atom stereocenters. The molecule has 110 valence electrons. The average Bonchev–Trinajstić information content (AvgIpc) is 2.49. The molecule has 0 fully saturated rings. The zero-order chi connectivity index (χ0) is 15.4. The summed E-state index contributed by atoms with van der Waals surface area (Å²) in [5.74, 6) is 0.620. The zero-order valence-electron chi connectivity index (χ0n) is 12.0. The first-order valence-corrected chi connectivity index (χ1v) is 6.82. The fraction of sp³-hybridized carbons (Fsp3) is 0.188. The van der Waals surface area contributed by atoms with Crippen LogP contribution in [0.2, 0.25) is 5.02 Å². The van der Waals surface area contributed by atoms with Crippen LogP contribution < -0.4 is 10.5 Å². The SMILES string of the molecule is COc1ccc(CN(C)C(=O)c2cc(N)ccc2Cl)cc1. The van der Waals surface area contributed by atoms with Crippen LogP contribution in [0.3, 0.4) is 0 Å². The van der Waals surface area contributed by atoms with Gasteiger partial charge in [-0.3, -0.25) is 4.79 Å². The predicted octanol–water partition coefficient (Wildman–Crippen LogP) is 3.20. The Morgan fingerprint density at radius 3 is 2.52 bits per heavy atom. The molecule has 1 amide bonds. The Hall–Kier alpha value is -2.20. The number of rotatable bonds is 4. The maximum absolute atomic E-state index is 12.4. The second kappa shape index (κ2) is 6.50. The number of nitrogens with two attached hydrogens (primary N) is 1. The van der Waals surface area contributed by atoms with Crippen LogP contribution in [-0.4, -0.2) is 25.0 Å². The molecule has 0 spiro atoms. The van der Waals surface area contributed by atoms with Crippen LogP contribution in [0.5, 0.6) is 5.75 Å². The highest BCUT2D eigenvalue weighted by Crippen LogP contribution is 2.21. The highest BCUT2D eigenvalue weighted by atomic mass is 35.5. The van der Waals surface area contributed by atoms with Crippen molar-refractivity contribution in [1.29, 1.82) is 0 Å². The van der Waals surface area contributed by atoms with Crippen LogP contribution in [-0.2, 0) is 6.54 Å². The van der Waals surface area contributed by atoms with Gasteiger partial charge in [-0.15, -0.1) is 0 Å². The number of methoxy groups -OCH3 is 1. The minimum absolute atomic E-state index is 0.164. The molecule has 4 nitrogen and oxygen atoms in total. The van der Waals surface area contributed by atoms with Crippen LogP contribution >= 0.6 is 11.6 Å². The quantitative estimate of drug-likeness (QED) is 0.883. The molecule has 0 aromatic heterocycles. The summed E-state index contributed by atoms with van der Waals surface area (Å²) in [4.78, 5) is 14.0. The number of carbonyl (C=O) groups is 1. The van der Waals surface area contributed by atoms with Crippen molar-refractivity contribution in [2.45, 2.75) is 6.54 Å². The maximum Gasteiger partial charge on any atom is 0.255 e. The maximum atomic E-state index is 12.4. The van der Waals surface area contributed by atoms with Crippen molar-refractivity contribution >= 4 is 23.2 Å². The number of benzene rings is 2. The Morgan fingerprint density at radius 1 is 1.24 bits per heavy atom. The summed E-state index contributed by atoms with van der Waals surface area (Å²) >= 11 is 6.06. The molecule has 2 aromatic rings. The van der Waals surface area contributed by atoms with Crippen LogP contribution in [0.1, 0.15) is 15.9 Å². The van der Waals surface area contributed by atoms with Gasteiger partial charge in [0.25, 0.3) is 5.91 Å². The lowest BCUT2D eigenvalue weighted by molar-refractivity contribution is 0.0785. The molecule has 0 radical (unpaired) electrons. The third kappa shape index (κ3) is 3.67. The Labute approximate surface area is 129 Å². The van der Waals surface area contributed by atoms with E-state index in [1.165, 1.54) is 0 Å². The van der Waals surface area contributed by atoms with Gasteiger partial charge in [0.05, 0.1) is 17.7 Å². The molecule has 0 bridgehead atoms. The van der Waals surface area contributed by atoms with E-state index in [1.807, 2.05) is 24.3 Å². The number of hydrogen-bond donors (Lipinski definition) is 1. The summed E-state index contributed by atoms with van der Waals surface area (Å²) < 4.78 is 5.11. The van der Waals surface area contributed by atoms with Crippen LogP contribution in [0.15, 0.2) is 42.5 Å². The van der Waals surface area contributed by atoms with E-state index in [-0.39, 0.29) is 5.91 Å². The van der Waals surface area contributed by atoms with Crippen molar-refractivity contribution in [3.63, 3.8) is 0 Å². The third-order valence-electron chi connectivity index (χ3n) is 3.15. The van der Waals surface area contributed by atoms with Crippen LogP contribution in [0, 0.1) is 0 Å². The molecule has 5 heteroatoms.